The summed E-state index contributed by atoms with van der Waals surface area (Å²) < 4.78 is 34.5. The molecule has 9 heteroatoms. The van der Waals surface area contributed by atoms with E-state index in [1.54, 1.807) is 0 Å². The third-order valence-corrected chi connectivity index (χ3v) is 1.21. The van der Waals surface area contributed by atoms with Crippen LogP contribution in [0.4, 0.5) is 13.2 Å². The minimum Gasteiger partial charge on any atom is -0.481 e. The van der Waals surface area contributed by atoms with Crippen LogP contribution in [0.25, 0.3) is 0 Å². The number of carboxylic acids is 1. The van der Waals surface area contributed by atoms with Gasteiger partial charge in [0.2, 0.25) is 0 Å². The fourth-order valence-electron chi connectivity index (χ4n) is 0.557. The van der Waals surface area contributed by atoms with E-state index in [9.17, 15) is 27.6 Å². The molecule has 0 saturated heterocycles. The van der Waals surface area contributed by atoms with Gasteiger partial charge in [-0.25, -0.2) is 19.4 Å². The Bertz CT molecular complexity index is 284. The fourth-order valence-corrected chi connectivity index (χ4v) is 0.557. The van der Waals surface area contributed by atoms with E-state index in [-0.39, 0.29) is 12.8 Å². The van der Waals surface area contributed by atoms with Crippen molar-refractivity contribution < 1.29 is 42.4 Å². The van der Waals surface area contributed by atoms with E-state index in [4.69, 9.17) is 5.11 Å². The van der Waals surface area contributed by atoms with Crippen LogP contribution in [-0.4, -0.2) is 29.2 Å². The minimum absolute atomic E-state index is 0.127. The monoisotopic (exact) mass is 244 g/mol. The Balaban J connectivity index is 3.74. The molecule has 0 aromatic carbocycles. The van der Waals surface area contributed by atoms with E-state index in [1.165, 1.54) is 0 Å². The maximum absolute atomic E-state index is 11.5. The van der Waals surface area contributed by atoms with Gasteiger partial charge in [-0.1, -0.05) is 0 Å². The summed E-state index contributed by atoms with van der Waals surface area (Å²) in [6.45, 7) is 0. The predicted octanol–water partition coefficient (Wildman–Crippen LogP) is 0.805. The lowest BCUT2D eigenvalue weighted by atomic mass is 10.2. The molecule has 0 spiro atoms. The largest absolute Gasteiger partial charge is 0.495 e. The van der Waals surface area contributed by atoms with Gasteiger partial charge < -0.3 is 5.11 Å². The molecule has 0 aliphatic heterocycles. The van der Waals surface area contributed by atoms with E-state index in [1.807, 2.05) is 0 Å². The SMILES string of the molecule is O=C(O)CCCC(=O)OOC(=O)C(F)(F)F. The molecule has 0 aromatic rings. The van der Waals surface area contributed by atoms with Crippen molar-refractivity contribution >= 4 is 17.9 Å². The molecule has 16 heavy (non-hydrogen) atoms. The number of hydrogen-bond donors (Lipinski definition) is 1. The number of carbonyl (C=O) groups is 3. The summed E-state index contributed by atoms with van der Waals surface area (Å²) in [7, 11) is 0. The fraction of sp³-hybridized carbons (Fsp3) is 0.571. The van der Waals surface area contributed by atoms with Crippen molar-refractivity contribution in [2.45, 2.75) is 25.4 Å². The quantitative estimate of drug-likeness (QED) is 0.581. The van der Waals surface area contributed by atoms with Crippen molar-refractivity contribution in [3.05, 3.63) is 0 Å². The van der Waals surface area contributed by atoms with Gasteiger partial charge in [-0.3, -0.25) is 4.79 Å². The summed E-state index contributed by atoms with van der Waals surface area (Å²) in [5, 5.41) is 8.16. The average Bonchev–Trinajstić information content (AvgIpc) is 2.11. The molecule has 1 N–H and O–H groups in total. The number of carboxylic acid groups (broad SMARTS) is 1. The van der Waals surface area contributed by atoms with E-state index >= 15 is 0 Å². The van der Waals surface area contributed by atoms with E-state index < -0.39 is 30.5 Å². The summed E-state index contributed by atoms with van der Waals surface area (Å²) in [5.41, 5.74) is 0. The van der Waals surface area contributed by atoms with Gasteiger partial charge in [-0.05, 0) is 6.42 Å². The number of hydrogen-bond acceptors (Lipinski definition) is 5. The zero-order valence-corrected chi connectivity index (χ0v) is 7.74. The lowest BCUT2D eigenvalue weighted by molar-refractivity contribution is -0.285. The van der Waals surface area contributed by atoms with Crippen molar-refractivity contribution in [1.82, 2.24) is 0 Å². The molecule has 0 aliphatic carbocycles. The smallest absolute Gasteiger partial charge is 0.481 e. The first-order valence-electron chi connectivity index (χ1n) is 3.93. The molecule has 0 unspecified atom stereocenters. The molecule has 0 bridgehead atoms. The number of halogens is 3. The maximum atomic E-state index is 11.5. The predicted molar refractivity (Wildman–Crippen MR) is 39.7 cm³/mol. The number of carbonyl (C=O) groups excluding carboxylic acids is 2. The lowest BCUT2D eigenvalue weighted by Gasteiger charge is -2.04. The second-order valence-electron chi connectivity index (χ2n) is 2.57. The molecule has 0 saturated carbocycles. The molecule has 0 aromatic heterocycles. The van der Waals surface area contributed by atoms with Gasteiger partial charge in [0.15, 0.2) is 0 Å². The molecule has 0 radical (unpaired) electrons. The standard InChI is InChI=1S/C7H7F3O6/c8-7(9,10)6(14)16-15-5(13)3-1-2-4(11)12/h1-3H2,(H,11,12). The van der Waals surface area contributed by atoms with Crippen LogP contribution < -0.4 is 0 Å². The lowest BCUT2D eigenvalue weighted by Crippen LogP contribution is -2.26. The zero-order valence-electron chi connectivity index (χ0n) is 7.74. The summed E-state index contributed by atoms with van der Waals surface area (Å²) in [6.07, 6.45) is -6.18. The zero-order chi connectivity index (χ0) is 12.8. The maximum Gasteiger partial charge on any atom is 0.495 e. The molecule has 6 nitrogen and oxygen atoms in total. The van der Waals surface area contributed by atoms with E-state index in [0.29, 0.717) is 0 Å². The molecule has 0 atom stereocenters. The van der Waals surface area contributed by atoms with Crippen LogP contribution >= 0.6 is 0 Å². The van der Waals surface area contributed by atoms with Crippen LogP contribution in [0.1, 0.15) is 19.3 Å². The average molecular weight is 244 g/mol. The summed E-state index contributed by atoms with van der Waals surface area (Å²) in [4.78, 5) is 37.3. The first-order chi connectivity index (χ1) is 7.23. The van der Waals surface area contributed by atoms with E-state index in [0.717, 1.165) is 0 Å². The molecule has 0 aliphatic rings. The second-order valence-corrected chi connectivity index (χ2v) is 2.57. The second kappa shape index (κ2) is 5.93. The Hall–Kier alpha value is -1.80. The van der Waals surface area contributed by atoms with Gasteiger partial charge in [0.05, 0.1) is 6.42 Å². The first-order valence-corrected chi connectivity index (χ1v) is 3.93. The Labute approximate surface area is 86.9 Å². The Kier molecular flexibility index (Phi) is 5.26. The van der Waals surface area contributed by atoms with E-state index in [2.05, 4.69) is 9.78 Å². The van der Waals surface area contributed by atoms with Crippen molar-refractivity contribution in [1.29, 1.82) is 0 Å². The van der Waals surface area contributed by atoms with Crippen molar-refractivity contribution in [2.24, 2.45) is 0 Å². The minimum atomic E-state index is -5.25. The molecule has 0 heterocycles. The van der Waals surface area contributed by atoms with Crippen molar-refractivity contribution in [3.8, 4) is 0 Å². The highest BCUT2D eigenvalue weighted by atomic mass is 19.4. The van der Waals surface area contributed by atoms with Crippen LogP contribution in [0.2, 0.25) is 0 Å². The Morgan fingerprint density at radius 2 is 1.62 bits per heavy atom. The Morgan fingerprint density at radius 3 is 2.06 bits per heavy atom. The van der Waals surface area contributed by atoms with Crippen LogP contribution in [0, 0.1) is 0 Å². The molecule has 0 amide bonds. The highest BCUT2D eigenvalue weighted by molar-refractivity contribution is 5.77. The molecule has 92 valence electrons. The number of rotatable bonds is 4. The van der Waals surface area contributed by atoms with Gasteiger partial charge >= 0.3 is 24.1 Å². The first kappa shape index (κ1) is 14.2. The van der Waals surface area contributed by atoms with Gasteiger partial charge in [0.1, 0.15) is 0 Å². The van der Waals surface area contributed by atoms with Crippen LogP contribution in [0.15, 0.2) is 0 Å². The summed E-state index contributed by atoms with van der Waals surface area (Å²) in [6, 6.07) is 0. The molecular formula is C7H7F3O6. The van der Waals surface area contributed by atoms with Crippen LogP contribution in [0.3, 0.4) is 0 Å². The number of alkyl halides is 3. The van der Waals surface area contributed by atoms with Crippen molar-refractivity contribution in [3.63, 3.8) is 0 Å². The Morgan fingerprint density at radius 1 is 1.06 bits per heavy atom. The van der Waals surface area contributed by atoms with Crippen LogP contribution in [0.5, 0.6) is 0 Å². The van der Waals surface area contributed by atoms with Gasteiger partial charge in [0.25, 0.3) is 0 Å². The normalized spacial score (nSPS) is 10.7. The van der Waals surface area contributed by atoms with Crippen molar-refractivity contribution in [2.75, 3.05) is 0 Å². The summed E-state index contributed by atoms with van der Waals surface area (Å²) in [5.74, 6) is -5.07. The molecular weight excluding hydrogens is 237 g/mol. The number of aliphatic carboxylic acids is 1. The molecule has 0 fully saturated rings. The third-order valence-electron chi connectivity index (χ3n) is 1.21. The van der Waals surface area contributed by atoms with Gasteiger partial charge in [0, 0.05) is 6.42 Å². The highest BCUT2D eigenvalue weighted by Crippen LogP contribution is 2.16. The topological polar surface area (TPSA) is 89.9 Å². The summed E-state index contributed by atoms with van der Waals surface area (Å²) >= 11 is 0. The molecule has 0 rings (SSSR count). The third kappa shape index (κ3) is 6.62. The van der Waals surface area contributed by atoms with Gasteiger partial charge in [-0.15, -0.1) is 0 Å². The highest BCUT2D eigenvalue weighted by Gasteiger charge is 2.43. The van der Waals surface area contributed by atoms with Gasteiger partial charge in [-0.2, -0.15) is 13.2 Å². The van der Waals surface area contributed by atoms with Crippen LogP contribution in [-0.2, 0) is 24.2 Å².